The van der Waals surface area contributed by atoms with E-state index in [0.717, 1.165) is 29.7 Å². The minimum Gasteiger partial charge on any atom is -0.490 e. The second kappa shape index (κ2) is 11.2. The molecule has 0 spiro atoms. The minimum absolute atomic E-state index is 0.0501. The van der Waals surface area contributed by atoms with Crippen LogP contribution in [0.15, 0.2) is 42.5 Å². The summed E-state index contributed by atoms with van der Waals surface area (Å²) in [7, 11) is 0. The first-order chi connectivity index (χ1) is 17.5. The van der Waals surface area contributed by atoms with Crippen molar-refractivity contribution in [3.05, 3.63) is 58.6 Å². The van der Waals surface area contributed by atoms with Crippen molar-refractivity contribution in [1.29, 1.82) is 0 Å². The Morgan fingerprint density at radius 3 is 2.69 bits per heavy atom. The van der Waals surface area contributed by atoms with Gasteiger partial charge >= 0.3 is 0 Å². The van der Waals surface area contributed by atoms with E-state index in [4.69, 9.17) is 25.8 Å². The van der Waals surface area contributed by atoms with Gasteiger partial charge in [0.05, 0.1) is 44.4 Å². The van der Waals surface area contributed by atoms with E-state index in [1.165, 1.54) is 0 Å². The summed E-state index contributed by atoms with van der Waals surface area (Å²) in [5.74, 6) is -0.442. The molecule has 0 saturated carbocycles. The Bertz CT molecular complexity index is 1090. The molecule has 9 heteroatoms. The summed E-state index contributed by atoms with van der Waals surface area (Å²) < 4.78 is 17.9. The summed E-state index contributed by atoms with van der Waals surface area (Å²) in [4.78, 5) is 25.9. The molecule has 192 valence electrons. The lowest BCUT2D eigenvalue weighted by Gasteiger charge is -2.40. The molecular formula is C27H31ClN2O6. The van der Waals surface area contributed by atoms with Crippen molar-refractivity contribution in [1.82, 2.24) is 5.32 Å². The highest BCUT2D eigenvalue weighted by molar-refractivity contribution is 6.30. The van der Waals surface area contributed by atoms with Gasteiger partial charge in [-0.2, -0.15) is 0 Å². The van der Waals surface area contributed by atoms with Crippen molar-refractivity contribution < 1.29 is 28.9 Å². The van der Waals surface area contributed by atoms with Gasteiger partial charge in [0, 0.05) is 41.6 Å². The van der Waals surface area contributed by atoms with Crippen molar-refractivity contribution >= 4 is 29.1 Å². The van der Waals surface area contributed by atoms with Crippen molar-refractivity contribution in [3.8, 4) is 5.75 Å². The third-order valence-corrected chi connectivity index (χ3v) is 7.41. The third kappa shape index (κ3) is 5.67. The molecule has 3 N–H and O–H groups in total. The summed E-state index contributed by atoms with van der Waals surface area (Å²) in [5.41, 5.74) is 2.55. The number of hydrogen-bond donors (Lipinski definition) is 3. The van der Waals surface area contributed by atoms with Crippen LogP contribution in [-0.4, -0.2) is 55.1 Å². The first kappa shape index (κ1) is 25.0. The molecule has 0 aliphatic carbocycles. The molecule has 2 aromatic carbocycles. The van der Waals surface area contributed by atoms with Crippen LogP contribution < -0.4 is 15.4 Å². The van der Waals surface area contributed by atoms with Gasteiger partial charge in [0.15, 0.2) is 0 Å². The van der Waals surface area contributed by atoms with Crippen LogP contribution in [0.1, 0.15) is 42.7 Å². The van der Waals surface area contributed by atoms with E-state index in [1.54, 1.807) is 12.1 Å². The molecule has 5 rings (SSSR count). The summed E-state index contributed by atoms with van der Waals surface area (Å²) in [6.45, 7) is 1.39. The molecule has 3 aliphatic rings. The number of carbonyl (C=O) groups excluding carboxylic acids is 2. The van der Waals surface area contributed by atoms with Crippen LogP contribution in [0.5, 0.6) is 5.75 Å². The molecule has 0 radical (unpaired) electrons. The fraction of sp³-hybridized carbons (Fsp3) is 0.481. The van der Waals surface area contributed by atoms with Crippen LogP contribution in [0, 0.1) is 5.92 Å². The lowest BCUT2D eigenvalue weighted by atomic mass is 9.76. The molecule has 0 unspecified atom stereocenters. The van der Waals surface area contributed by atoms with Crippen LogP contribution in [0.3, 0.4) is 0 Å². The predicted molar refractivity (Wildman–Crippen MR) is 134 cm³/mol. The SMILES string of the molecule is O=C(C[C@H]1C[C@@H]2c3cc(ccc3OC3CCOCC3)NC(=O)[C@@H]2[C@H](CO)O1)NCc1ccc(Cl)cc1. The van der Waals surface area contributed by atoms with E-state index in [9.17, 15) is 14.7 Å². The number of anilines is 1. The lowest BCUT2D eigenvalue weighted by Crippen LogP contribution is -2.48. The molecule has 2 fully saturated rings. The quantitative estimate of drug-likeness (QED) is 0.523. The number of nitrogens with one attached hydrogen (secondary N) is 2. The zero-order chi connectivity index (χ0) is 25.1. The fourth-order valence-electron chi connectivity index (χ4n) is 5.34. The molecule has 2 aromatic rings. The van der Waals surface area contributed by atoms with Gasteiger partial charge in [-0.15, -0.1) is 0 Å². The molecule has 2 saturated heterocycles. The zero-order valence-corrected chi connectivity index (χ0v) is 20.7. The Morgan fingerprint density at radius 2 is 1.94 bits per heavy atom. The average molecular weight is 515 g/mol. The molecule has 3 heterocycles. The summed E-state index contributed by atoms with van der Waals surface area (Å²) in [6, 6.07) is 13.0. The number of amides is 2. The summed E-state index contributed by atoms with van der Waals surface area (Å²) in [5, 5.41) is 16.6. The normalized spacial score (nSPS) is 25.9. The fourth-order valence-corrected chi connectivity index (χ4v) is 5.47. The van der Waals surface area contributed by atoms with E-state index in [0.29, 0.717) is 36.9 Å². The molecule has 8 nitrogen and oxygen atoms in total. The molecule has 2 bridgehead atoms. The lowest BCUT2D eigenvalue weighted by molar-refractivity contribution is -0.148. The van der Waals surface area contributed by atoms with Crippen LogP contribution in [0.25, 0.3) is 0 Å². The Balaban J connectivity index is 1.32. The number of carbonyl (C=O) groups is 2. The Morgan fingerprint density at radius 1 is 1.17 bits per heavy atom. The standard InChI is InChI=1S/C27H31ClN2O6/c28-17-3-1-16(2-4-17)14-29-25(32)13-20-12-22-21-11-18(30-27(33)26(22)24(15-31)36-20)5-6-23(21)35-19-7-9-34-10-8-19/h1-6,11,19-20,22,24,26,31H,7-10,12-15H2,(H,29,32)(H,30,33)/t20-,22-,24+,26+/m1/s1. The molecular weight excluding hydrogens is 484 g/mol. The average Bonchev–Trinajstić information content (AvgIpc) is 2.99. The highest BCUT2D eigenvalue weighted by atomic mass is 35.5. The minimum atomic E-state index is -0.719. The van der Waals surface area contributed by atoms with Crippen LogP contribution in [0.2, 0.25) is 5.02 Å². The summed E-state index contributed by atoms with van der Waals surface area (Å²) in [6.07, 6.45) is 1.11. The number of aliphatic hydroxyl groups excluding tert-OH is 1. The van der Waals surface area contributed by atoms with Crippen molar-refractivity contribution in [2.75, 3.05) is 25.1 Å². The summed E-state index contributed by atoms with van der Waals surface area (Å²) >= 11 is 5.93. The third-order valence-electron chi connectivity index (χ3n) is 7.16. The van der Waals surface area contributed by atoms with Crippen LogP contribution in [-0.2, 0) is 25.6 Å². The number of ether oxygens (including phenoxy) is 3. The van der Waals surface area contributed by atoms with Gasteiger partial charge in [0.25, 0.3) is 0 Å². The maximum Gasteiger partial charge on any atom is 0.230 e. The van der Waals surface area contributed by atoms with E-state index >= 15 is 0 Å². The van der Waals surface area contributed by atoms with Gasteiger partial charge < -0.3 is 30.0 Å². The highest BCUT2D eigenvalue weighted by Crippen LogP contribution is 2.46. The van der Waals surface area contributed by atoms with Gasteiger partial charge in [-0.25, -0.2) is 0 Å². The number of fused-ring (bicyclic) bond motifs is 4. The molecule has 3 aliphatic heterocycles. The Hall–Kier alpha value is -2.65. The molecule has 36 heavy (non-hydrogen) atoms. The van der Waals surface area contributed by atoms with E-state index in [-0.39, 0.29) is 36.9 Å². The van der Waals surface area contributed by atoms with E-state index < -0.39 is 18.1 Å². The van der Waals surface area contributed by atoms with Gasteiger partial charge in [-0.05, 0) is 42.3 Å². The van der Waals surface area contributed by atoms with Gasteiger partial charge in [-0.1, -0.05) is 23.7 Å². The largest absolute Gasteiger partial charge is 0.490 e. The van der Waals surface area contributed by atoms with Gasteiger partial charge in [0.1, 0.15) is 11.9 Å². The van der Waals surface area contributed by atoms with Crippen molar-refractivity contribution in [3.63, 3.8) is 0 Å². The number of aliphatic hydroxyl groups is 1. The molecule has 4 atom stereocenters. The van der Waals surface area contributed by atoms with Crippen molar-refractivity contribution in [2.24, 2.45) is 5.92 Å². The monoisotopic (exact) mass is 514 g/mol. The second-order valence-electron chi connectivity index (χ2n) is 9.63. The molecule has 0 aromatic heterocycles. The Kier molecular flexibility index (Phi) is 7.76. The first-order valence-electron chi connectivity index (χ1n) is 12.5. The first-order valence-corrected chi connectivity index (χ1v) is 12.8. The van der Waals surface area contributed by atoms with Crippen LogP contribution >= 0.6 is 11.6 Å². The Labute approximate surface area is 215 Å². The maximum atomic E-state index is 13.1. The van der Waals surface area contributed by atoms with Crippen LogP contribution in [0.4, 0.5) is 5.69 Å². The van der Waals surface area contributed by atoms with E-state index in [1.807, 2.05) is 30.3 Å². The predicted octanol–water partition coefficient (Wildman–Crippen LogP) is 3.41. The number of hydrogen-bond acceptors (Lipinski definition) is 6. The van der Waals surface area contributed by atoms with Gasteiger partial charge in [0.2, 0.25) is 11.8 Å². The number of halogens is 1. The topological polar surface area (TPSA) is 106 Å². The second-order valence-corrected chi connectivity index (χ2v) is 10.1. The zero-order valence-electron chi connectivity index (χ0n) is 20.0. The van der Waals surface area contributed by atoms with Gasteiger partial charge in [-0.3, -0.25) is 9.59 Å². The highest BCUT2D eigenvalue weighted by Gasteiger charge is 2.46. The van der Waals surface area contributed by atoms with E-state index in [2.05, 4.69) is 10.6 Å². The number of benzene rings is 2. The molecule has 2 amide bonds. The van der Waals surface area contributed by atoms with Crippen molar-refractivity contribution in [2.45, 2.75) is 56.5 Å². The maximum absolute atomic E-state index is 13.1. The number of rotatable bonds is 7. The smallest absolute Gasteiger partial charge is 0.230 e.